The second kappa shape index (κ2) is 6.68. The molecule has 0 bridgehead atoms. The summed E-state index contributed by atoms with van der Waals surface area (Å²) in [6.45, 7) is 13.3. The molecule has 1 heterocycles. The molecule has 1 rings (SSSR count). The summed E-state index contributed by atoms with van der Waals surface area (Å²) in [5.41, 5.74) is 5.76. The molecule has 0 aromatic carbocycles. The van der Waals surface area contributed by atoms with Crippen LogP contribution in [0.2, 0.25) is 0 Å². The van der Waals surface area contributed by atoms with E-state index in [1.807, 2.05) is 27.7 Å². The lowest BCUT2D eigenvalue weighted by molar-refractivity contribution is -0.125. The van der Waals surface area contributed by atoms with Crippen LogP contribution in [-0.2, 0) is 4.79 Å². The third-order valence-corrected chi connectivity index (χ3v) is 3.73. The van der Waals surface area contributed by atoms with Crippen LogP contribution in [0, 0.1) is 5.41 Å². The minimum atomic E-state index is -0.456. The monoisotopic (exact) mass is 270 g/mol. The molecule has 0 aromatic heterocycles. The second-order valence-electron chi connectivity index (χ2n) is 6.86. The van der Waals surface area contributed by atoms with Crippen LogP contribution >= 0.6 is 0 Å². The average Bonchev–Trinajstić information content (AvgIpc) is 2.29. The molecule has 1 unspecified atom stereocenters. The molecule has 0 aliphatic carbocycles. The minimum Gasteiger partial charge on any atom is -0.351 e. The molecule has 1 aliphatic rings. The predicted molar refractivity (Wildman–Crippen MR) is 79.0 cm³/mol. The van der Waals surface area contributed by atoms with Gasteiger partial charge in [-0.25, -0.2) is 0 Å². The van der Waals surface area contributed by atoms with E-state index in [1.54, 1.807) is 0 Å². The van der Waals surface area contributed by atoms with Gasteiger partial charge in [0, 0.05) is 38.8 Å². The van der Waals surface area contributed by atoms with Crippen LogP contribution in [-0.4, -0.2) is 67.6 Å². The number of rotatable bonds is 4. The Morgan fingerprint density at radius 1 is 1.26 bits per heavy atom. The summed E-state index contributed by atoms with van der Waals surface area (Å²) >= 11 is 0. The number of carbonyl (C=O) groups is 1. The van der Waals surface area contributed by atoms with E-state index in [-0.39, 0.29) is 17.4 Å². The predicted octanol–water partition coefficient (Wildman–Crippen LogP) is 0.112. The van der Waals surface area contributed by atoms with E-state index in [2.05, 4.69) is 22.2 Å². The topological polar surface area (TPSA) is 61.6 Å². The van der Waals surface area contributed by atoms with Crippen LogP contribution in [0.1, 0.15) is 27.7 Å². The van der Waals surface area contributed by atoms with Crippen LogP contribution in [0.3, 0.4) is 0 Å². The number of nitrogens with two attached hydrogens (primary N) is 1. The summed E-state index contributed by atoms with van der Waals surface area (Å²) < 4.78 is 0. The average molecular weight is 270 g/mol. The Labute approximate surface area is 117 Å². The van der Waals surface area contributed by atoms with Crippen LogP contribution in [0.4, 0.5) is 0 Å². The number of hydrogen-bond acceptors (Lipinski definition) is 4. The number of piperazine rings is 1. The van der Waals surface area contributed by atoms with Crippen LogP contribution in [0.25, 0.3) is 0 Å². The molecule has 0 saturated carbocycles. The maximum absolute atomic E-state index is 12.0. The van der Waals surface area contributed by atoms with E-state index in [4.69, 9.17) is 5.73 Å². The molecule has 1 aliphatic heterocycles. The summed E-state index contributed by atoms with van der Waals surface area (Å²) in [5.74, 6) is -0.0471. The Morgan fingerprint density at radius 3 is 2.26 bits per heavy atom. The van der Waals surface area contributed by atoms with E-state index in [0.717, 1.165) is 32.7 Å². The molecule has 2 atom stereocenters. The van der Waals surface area contributed by atoms with E-state index in [9.17, 15) is 4.79 Å². The van der Waals surface area contributed by atoms with E-state index < -0.39 is 6.04 Å². The third kappa shape index (κ3) is 5.47. The van der Waals surface area contributed by atoms with E-state index in [1.165, 1.54) is 0 Å². The van der Waals surface area contributed by atoms with Gasteiger partial charge in [-0.3, -0.25) is 9.69 Å². The lowest BCUT2D eigenvalue weighted by atomic mass is 9.87. The van der Waals surface area contributed by atoms with Crippen molar-refractivity contribution in [2.24, 2.45) is 11.1 Å². The van der Waals surface area contributed by atoms with Gasteiger partial charge >= 0.3 is 0 Å². The van der Waals surface area contributed by atoms with Gasteiger partial charge in [-0.05, 0) is 19.4 Å². The van der Waals surface area contributed by atoms with Gasteiger partial charge in [-0.2, -0.15) is 0 Å². The number of nitrogens with zero attached hydrogens (tertiary/aromatic N) is 2. The highest BCUT2D eigenvalue weighted by Crippen LogP contribution is 2.17. The molecule has 3 N–H and O–H groups in total. The van der Waals surface area contributed by atoms with Gasteiger partial charge in [-0.15, -0.1) is 0 Å². The van der Waals surface area contributed by atoms with Crippen molar-refractivity contribution >= 4 is 5.91 Å². The summed E-state index contributed by atoms with van der Waals surface area (Å²) in [7, 11) is 2.14. The first-order valence-electron chi connectivity index (χ1n) is 7.17. The van der Waals surface area contributed by atoms with Gasteiger partial charge < -0.3 is 16.0 Å². The fraction of sp³-hybridized carbons (Fsp3) is 0.929. The zero-order chi connectivity index (χ0) is 14.6. The Morgan fingerprint density at radius 2 is 1.79 bits per heavy atom. The number of likely N-dealkylation sites (N-methyl/N-ethyl adjacent to an activating group) is 1. The molecule has 112 valence electrons. The van der Waals surface area contributed by atoms with Crippen molar-refractivity contribution in [3.8, 4) is 0 Å². The van der Waals surface area contributed by atoms with Crippen molar-refractivity contribution in [2.45, 2.75) is 39.8 Å². The molecule has 0 spiro atoms. The zero-order valence-corrected chi connectivity index (χ0v) is 13.1. The van der Waals surface area contributed by atoms with Crippen molar-refractivity contribution in [2.75, 3.05) is 39.8 Å². The summed E-state index contributed by atoms with van der Waals surface area (Å²) in [6, 6.07) is -0.313. The Bertz CT molecular complexity index is 292. The Hall–Kier alpha value is -0.650. The zero-order valence-electron chi connectivity index (χ0n) is 13.1. The van der Waals surface area contributed by atoms with E-state index >= 15 is 0 Å². The summed E-state index contributed by atoms with van der Waals surface area (Å²) in [6.07, 6.45) is 0. The second-order valence-corrected chi connectivity index (χ2v) is 6.86. The van der Waals surface area contributed by atoms with Gasteiger partial charge in [0.1, 0.15) is 0 Å². The molecule has 0 radical (unpaired) electrons. The fourth-order valence-corrected chi connectivity index (χ4v) is 2.19. The molecule has 1 saturated heterocycles. The highest BCUT2D eigenvalue weighted by molar-refractivity contribution is 5.82. The number of nitrogens with one attached hydrogen (secondary N) is 1. The smallest absolute Gasteiger partial charge is 0.237 e. The standard InChI is InChI=1S/C14H30N4O/c1-11(10-18-8-6-17(5)7-9-18)16-13(19)12(15)14(2,3)4/h11-12H,6-10,15H2,1-5H3,(H,16,19)/t11?,12-/m1/s1. The van der Waals surface area contributed by atoms with Crippen molar-refractivity contribution in [3.05, 3.63) is 0 Å². The van der Waals surface area contributed by atoms with Crippen molar-refractivity contribution in [3.63, 3.8) is 0 Å². The SMILES string of the molecule is CC(CN1CCN(C)CC1)NC(=O)[C@@H](N)C(C)(C)C. The number of hydrogen-bond donors (Lipinski definition) is 2. The Balaban J connectivity index is 2.34. The quantitative estimate of drug-likeness (QED) is 0.761. The molecular weight excluding hydrogens is 240 g/mol. The normalized spacial score (nSPS) is 22.0. The lowest BCUT2D eigenvalue weighted by Gasteiger charge is -2.34. The van der Waals surface area contributed by atoms with E-state index in [0.29, 0.717) is 0 Å². The van der Waals surface area contributed by atoms with Gasteiger partial charge in [0.25, 0.3) is 0 Å². The maximum Gasteiger partial charge on any atom is 0.237 e. The largest absolute Gasteiger partial charge is 0.351 e. The fourth-order valence-electron chi connectivity index (χ4n) is 2.19. The minimum absolute atomic E-state index is 0.0471. The highest BCUT2D eigenvalue weighted by Gasteiger charge is 2.28. The first kappa shape index (κ1) is 16.4. The molecule has 1 fully saturated rings. The third-order valence-electron chi connectivity index (χ3n) is 3.73. The van der Waals surface area contributed by atoms with Gasteiger partial charge in [0.15, 0.2) is 0 Å². The number of amides is 1. The van der Waals surface area contributed by atoms with Gasteiger partial charge in [0.05, 0.1) is 6.04 Å². The molecule has 19 heavy (non-hydrogen) atoms. The van der Waals surface area contributed by atoms with Crippen molar-refractivity contribution < 1.29 is 4.79 Å². The van der Waals surface area contributed by atoms with Crippen LogP contribution in [0.15, 0.2) is 0 Å². The van der Waals surface area contributed by atoms with Crippen LogP contribution < -0.4 is 11.1 Å². The van der Waals surface area contributed by atoms with Crippen LogP contribution in [0.5, 0.6) is 0 Å². The summed E-state index contributed by atoms with van der Waals surface area (Å²) in [5, 5.41) is 3.03. The molecular formula is C14H30N4O. The van der Waals surface area contributed by atoms with Crippen molar-refractivity contribution in [1.29, 1.82) is 0 Å². The first-order chi connectivity index (χ1) is 8.70. The number of carbonyl (C=O) groups excluding carboxylic acids is 1. The summed E-state index contributed by atoms with van der Waals surface area (Å²) in [4.78, 5) is 16.8. The maximum atomic E-state index is 12.0. The highest BCUT2D eigenvalue weighted by atomic mass is 16.2. The molecule has 0 aromatic rings. The van der Waals surface area contributed by atoms with Gasteiger partial charge in [-0.1, -0.05) is 20.8 Å². The molecule has 1 amide bonds. The molecule has 5 nitrogen and oxygen atoms in total. The first-order valence-corrected chi connectivity index (χ1v) is 7.17. The molecule has 5 heteroatoms. The Kier molecular flexibility index (Phi) is 5.77. The lowest BCUT2D eigenvalue weighted by Crippen LogP contribution is -2.54. The van der Waals surface area contributed by atoms with Crippen molar-refractivity contribution in [1.82, 2.24) is 15.1 Å². The van der Waals surface area contributed by atoms with Gasteiger partial charge in [0.2, 0.25) is 5.91 Å².